The van der Waals surface area contributed by atoms with Gasteiger partial charge in [-0.3, -0.25) is 4.79 Å². The summed E-state index contributed by atoms with van der Waals surface area (Å²) in [4.78, 5) is 12.3. The molecule has 5 nitrogen and oxygen atoms in total. The number of benzene rings is 1. The van der Waals surface area contributed by atoms with E-state index in [4.69, 9.17) is 4.74 Å². The van der Waals surface area contributed by atoms with Crippen molar-refractivity contribution < 1.29 is 13.9 Å². The highest BCUT2D eigenvalue weighted by molar-refractivity contribution is 6.09. The molecule has 0 unspecified atom stereocenters. The third-order valence-corrected chi connectivity index (χ3v) is 3.08. The summed E-state index contributed by atoms with van der Waals surface area (Å²) < 4.78 is 19.8. The quantitative estimate of drug-likeness (QED) is 0.805. The predicted octanol–water partition coefficient (Wildman–Crippen LogP) is 2.73. The molecule has 1 N–H and O–H groups in total. The number of nitrogens with zero attached hydrogens (tertiary/aromatic N) is 2. The van der Waals surface area contributed by atoms with E-state index in [1.165, 1.54) is 31.5 Å². The van der Waals surface area contributed by atoms with E-state index in [-0.39, 0.29) is 11.7 Å². The summed E-state index contributed by atoms with van der Waals surface area (Å²) in [6.45, 7) is 0. The monoisotopic (exact) mass is 285 g/mol. The molecular weight excluding hydrogens is 273 g/mol. The number of pyridine rings is 1. The number of carbonyl (C=O) groups is 1. The number of amides is 1. The van der Waals surface area contributed by atoms with Gasteiger partial charge in [0.1, 0.15) is 11.6 Å². The van der Waals surface area contributed by atoms with Gasteiger partial charge in [-0.05, 0) is 24.3 Å². The number of fused-ring (bicyclic) bond motifs is 1. The molecule has 0 saturated heterocycles. The zero-order valence-electron chi connectivity index (χ0n) is 11.2. The highest BCUT2D eigenvalue weighted by Gasteiger charge is 2.14. The van der Waals surface area contributed by atoms with Gasteiger partial charge in [0.05, 0.1) is 30.1 Å². The molecule has 106 valence electrons. The van der Waals surface area contributed by atoms with Gasteiger partial charge in [-0.25, -0.2) is 8.91 Å². The Morgan fingerprint density at radius 3 is 3.00 bits per heavy atom. The fourth-order valence-electron chi connectivity index (χ4n) is 2.07. The molecule has 2 aromatic heterocycles. The van der Waals surface area contributed by atoms with Gasteiger partial charge in [0, 0.05) is 12.3 Å². The smallest absolute Gasteiger partial charge is 0.259 e. The average Bonchev–Trinajstić information content (AvgIpc) is 2.93. The van der Waals surface area contributed by atoms with Crippen LogP contribution in [0.5, 0.6) is 5.75 Å². The van der Waals surface area contributed by atoms with Gasteiger partial charge < -0.3 is 10.1 Å². The summed E-state index contributed by atoms with van der Waals surface area (Å²) in [5.41, 5.74) is 1.53. The van der Waals surface area contributed by atoms with Crippen LogP contribution in [0.1, 0.15) is 10.4 Å². The van der Waals surface area contributed by atoms with Crippen molar-refractivity contribution in [3.63, 3.8) is 0 Å². The topological polar surface area (TPSA) is 55.6 Å². The van der Waals surface area contributed by atoms with E-state index in [0.29, 0.717) is 16.8 Å². The van der Waals surface area contributed by atoms with E-state index in [0.717, 1.165) is 0 Å². The summed E-state index contributed by atoms with van der Waals surface area (Å²) in [5.74, 6) is -0.498. The number of aromatic nitrogens is 2. The number of halogens is 1. The van der Waals surface area contributed by atoms with Gasteiger partial charge in [0.25, 0.3) is 5.91 Å². The standard InChI is InChI=1S/C15H12FN3O2/c1-21-14-8-10(16)5-6-12(14)18-15(20)11-9-17-19-7-3-2-4-13(11)19/h2-9H,1H3,(H,18,20). The summed E-state index contributed by atoms with van der Waals surface area (Å²) in [7, 11) is 1.42. The van der Waals surface area contributed by atoms with Crippen molar-refractivity contribution in [2.45, 2.75) is 0 Å². The molecule has 0 aliphatic carbocycles. The lowest BCUT2D eigenvalue weighted by molar-refractivity contribution is 0.102. The van der Waals surface area contributed by atoms with Crippen LogP contribution in [0.3, 0.4) is 0 Å². The third kappa shape index (κ3) is 2.43. The van der Waals surface area contributed by atoms with Gasteiger partial charge in [-0.1, -0.05) is 6.07 Å². The van der Waals surface area contributed by atoms with Crippen LogP contribution >= 0.6 is 0 Å². The van der Waals surface area contributed by atoms with Crippen LogP contribution < -0.4 is 10.1 Å². The summed E-state index contributed by atoms with van der Waals surface area (Å²) in [5, 5.41) is 6.80. The van der Waals surface area contributed by atoms with Crippen LogP contribution in [-0.4, -0.2) is 22.6 Å². The number of hydrogen-bond acceptors (Lipinski definition) is 3. The van der Waals surface area contributed by atoms with Crippen molar-refractivity contribution in [1.82, 2.24) is 9.61 Å². The van der Waals surface area contributed by atoms with E-state index in [1.807, 2.05) is 12.1 Å². The lowest BCUT2D eigenvalue weighted by atomic mass is 10.2. The Bertz CT molecular complexity index is 814. The highest BCUT2D eigenvalue weighted by Crippen LogP contribution is 2.25. The van der Waals surface area contributed by atoms with E-state index in [9.17, 15) is 9.18 Å². The normalized spacial score (nSPS) is 10.6. The first-order valence-electron chi connectivity index (χ1n) is 6.26. The molecular formula is C15H12FN3O2. The van der Waals surface area contributed by atoms with Gasteiger partial charge in [-0.2, -0.15) is 5.10 Å². The largest absolute Gasteiger partial charge is 0.494 e. The summed E-state index contributed by atoms with van der Waals surface area (Å²) in [6, 6.07) is 9.37. The maximum atomic E-state index is 13.1. The number of hydrogen-bond donors (Lipinski definition) is 1. The molecule has 0 bridgehead atoms. The van der Waals surface area contributed by atoms with Gasteiger partial charge in [0.15, 0.2) is 0 Å². The van der Waals surface area contributed by atoms with Crippen molar-refractivity contribution in [2.24, 2.45) is 0 Å². The molecule has 0 aliphatic rings. The maximum absolute atomic E-state index is 13.1. The van der Waals surface area contributed by atoms with Crippen LogP contribution in [0.25, 0.3) is 5.52 Å². The predicted molar refractivity (Wildman–Crippen MR) is 76.1 cm³/mol. The number of carbonyl (C=O) groups excluding carboxylic acids is 1. The zero-order chi connectivity index (χ0) is 14.8. The second kappa shape index (κ2) is 5.24. The Morgan fingerprint density at radius 2 is 2.19 bits per heavy atom. The van der Waals surface area contributed by atoms with Crippen LogP contribution in [0.15, 0.2) is 48.8 Å². The first-order valence-corrected chi connectivity index (χ1v) is 6.26. The van der Waals surface area contributed by atoms with Crippen LogP contribution in [0.4, 0.5) is 10.1 Å². The van der Waals surface area contributed by atoms with Gasteiger partial charge in [0.2, 0.25) is 0 Å². The molecule has 3 aromatic rings. The average molecular weight is 285 g/mol. The van der Waals surface area contributed by atoms with Crippen molar-refractivity contribution in [3.8, 4) is 5.75 Å². The van der Waals surface area contributed by atoms with E-state index in [1.54, 1.807) is 16.8 Å². The van der Waals surface area contributed by atoms with Crippen molar-refractivity contribution >= 4 is 17.1 Å². The minimum absolute atomic E-state index is 0.264. The second-order valence-corrected chi connectivity index (χ2v) is 4.39. The summed E-state index contributed by atoms with van der Waals surface area (Å²) >= 11 is 0. The first kappa shape index (κ1) is 13.1. The Kier molecular flexibility index (Phi) is 3.27. The van der Waals surface area contributed by atoms with Crippen molar-refractivity contribution in [2.75, 3.05) is 12.4 Å². The lowest BCUT2D eigenvalue weighted by Crippen LogP contribution is -2.12. The van der Waals surface area contributed by atoms with Crippen molar-refractivity contribution in [3.05, 3.63) is 60.2 Å². The molecule has 2 heterocycles. The molecule has 0 aliphatic heterocycles. The SMILES string of the molecule is COc1cc(F)ccc1NC(=O)c1cnn2ccccc12. The fourth-order valence-corrected chi connectivity index (χ4v) is 2.07. The molecule has 1 aromatic carbocycles. The molecule has 3 rings (SSSR count). The van der Waals surface area contributed by atoms with Crippen molar-refractivity contribution in [1.29, 1.82) is 0 Å². The van der Waals surface area contributed by atoms with E-state index < -0.39 is 5.82 Å². The number of anilines is 1. The minimum Gasteiger partial charge on any atom is -0.494 e. The lowest BCUT2D eigenvalue weighted by Gasteiger charge is -2.09. The Hall–Kier alpha value is -2.89. The Morgan fingerprint density at radius 1 is 1.33 bits per heavy atom. The van der Waals surface area contributed by atoms with Crippen LogP contribution in [0, 0.1) is 5.82 Å². The first-order chi connectivity index (χ1) is 10.2. The molecule has 0 atom stereocenters. The number of nitrogens with one attached hydrogen (secondary N) is 1. The molecule has 21 heavy (non-hydrogen) atoms. The van der Waals surface area contributed by atoms with Crippen LogP contribution in [0.2, 0.25) is 0 Å². The molecule has 6 heteroatoms. The third-order valence-electron chi connectivity index (χ3n) is 3.08. The van der Waals surface area contributed by atoms with E-state index in [2.05, 4.69) is 10.4 Å². The molecule has 0 saturated carbocycles. The molecule has 0 fully saturated rings. The van der Waals surface area contributed by atoms with E-state index >= 15 is 0 Å². The Labute approximate surface area is 120 Å². The number of methoxy groups -OCH3 is 1. The second-order valence-electron chi connectivity index (χ2n) is 4.39. The van der Waals surface area contributed by atoms with Gasteiger partial charge in [-0.15, -0.1) is 0 Å². The summed E-state index contributed by atoms with van der Waals surface area (Å²) in [6.07, 6.45) is 3.24. The highest BCUT2D eigenvalue weighted by atomic mass is 19.1. The van der Waals surface area contributed by atoms with Crippen LogP contribution in [-0.2, 0) is 0 Å². The number of rotatable bonds is 3. The molecule has 0 radical (unpaired) electrons. The Balaban J connectivity index is 1.93. The number of ether oxygens (including phenoxy) is 1. The van der Waals surface area contributed by atoms with Gasteiger partial charge >= 0.3 is 0 Å². The minimum atomic E-state index is -0.430. The zero-order valence-corrected chi connectivity index (χ0v) is 11.2. The molecule has 0 spiro atoms. The maximum Gasteiger partial charge on any atom is 0.259 e. The molecule has 1 amide bonds. The fraction of sp³-hybridized carbons (Fsp3) is 0.0667.